The summed E-state index contributed by atoms with van der Waals surface area (Å²) in [6, 6.07) is 0. The van der Waals surface area contributed by atoms with Gasteiger partial charge >= 0.3 is 11.9 Å². The van der Waals surface area contributed by atoms with Gasteiger partial charge in [-0.15, -0.1) is 0 Å². The van der Waals surface area contributed by atoms with E-state index < -0.39 is 5.97 Å². The molecule has 0 amide bonds. The van der Waals surface area contributed by atoms with Gasteiger partial charge in [0.25, 0.3) is 0 Å². The molecular formula is C22H34O4. The van der Waals surface area contributed by atoms with Gasteiger partial charge in [-0.1, -0.05) is 38.5 Å². The zero-order chi connectivity index (χ0) is 19.7. The Kier molecular flexibility index (Phi) is 6.04. The molecule has 0 bridgehead atoms. The van der Waals surface area contributed by atoms with Gasteiger partial charge in [-0.25, -0.2) is 4.79 Å². The van der Waals surface area contributed by atoms with Crippen LogP contribution in [0.4, 0.5) is 0 Å². The van der Waals surface area contributed by atoms with Crippen LogP contribution in [0, 0.1) is 22.7 Å². The van der Waals surface area contributed by atoms with E-state index in [4.69, 9.17) is 9.84 Å². The molecule has 0 aromatic heterocycles. The van der Waals surface area contributed by atoms with E-state index in [1.807, 2.05) is 6.92 Å². The first-order valence-corrected chi connectivity index (χ1v) is 9.73. The fraction of sp³-hybridized carbons (Fsp3) is 0.727. The third-order valence-corrected chi connectivity index (χ3v) is 7.02. The number of carbonyl (C=O) groups is 2. The van der Waals surface area contributed by atoms with Crippen molar-refractivity contribution in [1.82, 2.24) is 0 Å². The lowest BCUT2D eigenvalue weighted by Gasteiger charge is -2.60. The van der Waals surface area contributed by atoms with Crippen molar-refractivity contribution in [3.63, 3.8) is 0 Å². The Morgan fingerprint density at radius 2 is 1.92 bits per heavy atom. The zero-order valence-corrected chi connectivity index (χ0v) is 16.9. The SMILES string of the molecule is C=C1CC[C@H]2C(C)(C)[C@@H](OC(C)=O)CC[C@@]2(C)[C@H]1CC/C(C)=C/C(=O)O. The number of aliphatic carboxylic acids is 1. The predicted octanol–water partition coefficient (Wildman–Crippen LogP) is 5.14. The monoisotopic (exact) mass is 362 g/mol. The molecule has 0 radical (unpaired) electrons. The maximum Gasteiger partial charge on any atom is 0.328 e. The second kappa shape index (κ2) is 7.58. The lowest BCUT2D eigenvalue weighted by atomic mass is 9.46. The first kappa shape index (κ1) is 20.7. The van der Waals surface area contributed by atoms with Crippen molar-refractivity contribution < 1.29 is 19.4 Å². The average Bonchev–Trinajstić information content (AvgIpc) is 2.48. The largest absolute Gasteiger partial charge is 0.478 e. The van der Waals surface area contributed by atoms with Crippen molar-refractivity contribution in [3.8, 4) is 0 Å². The summed E-state index contributed by atoms with van der Waals surface area (Å²) < 4.78 is 5.67. The van der Waals surface area contributed by atoms with Crippen LogP contribution in [0.1, 0.15) is 73.1 Å². The first-order chi connectivity index (χ1) is 12.0. The summed E-state index contributed by atoms with van der Waals surface area (Å²) in [6.45, 7) is 14.6. The summed E-state index contributed by atoms with van der Waals surface area (Å²) >= 11 is 0. The van der Waals surface area contributed by atoms with Crippen LogP contribution >= 0.6 is 0 Å². The van der Waals surface area contributed by atoms with E-state index in [0.29, 0.717) is 11.8 Å². The third-order valence-electron chi connectivity index (χ3n) is 7.02. The highest BCUT2D eigenvalue weighted by molar-refractivity contribution is 5.80. The van der Waals surface area contributed by atoms with Crippen LogP contribution in [0.15, 0.2) is 23.8 Å². The van der Waals surface area contributed by atoms with E-state index in [0.717, 1.165) is 44.1 Å². The molecule has 0 aromatic carbocycles. The average molecular weight is 363 g/mol. The van der Waals surface area contributed by atoms with Crippen LogP contribution in [0.25, 0.3) is 0 Å². The van der Waals surface area contributed by atoms with Crippen molar-refractivity contribution >= 4 is 11.9 Å². The molecule has 0 aliphatic heterocycles. The molecule has 4 nitrogen and oxygen atoms in total. The molecule has 4 heteroatoms. The third kappa shape index (κ3) is 4.05. The molecule has 4 atom stereocenters. The lowest BCUT2D eigenvalue weighted by Crippen LogP contribution is -2.55. The Morgan fingerprint density at radius 3 is 2.50 bits per heavy atom. The molecule has 2 saturated carbocycles. The molecule has 1 N–H and O–H groups in total. The van der Waals surface area contributed by atoms with E-state index in [1.165, 1.54) is 18.6 Å². The summed E-state index contributed by atoms with van der Waals surface area (Å²) in [6.07, 6.45) is 6.99. The first-order valence-electron chi connectivity index (χ1n) is 9.73. The Balaban J connectivity index is 2.23. The van der Waals surface area contributed by atoms with E-state index in [-0.39, 0.29) is 22.9 Å². The number of hydrogen-bond acceptors (Lipinski definition) is 3. The van der Waals surface area contributed by atoms with E-state index in [2.05, 4.69) is 27.4 Å². The Bertz CT molecular complexity index is 616. The van der Waals surface area contributed by atoms with Gasteiger partial charge in [0.1, 0.15) is 6.10 Å². The molecule has 2 rings (SSSR count). The van der Waals surface area contributed by atoms with Crippen LogP contribution in [0.2, 0.25) is 0 Å². The van der Waals surface area contributed by atoms with Crippen LogP contribution in [0.5, 0.6) is 0 Å². The van der Waals surface area contributed by atoms with E-state index in [9.17, 15) is 9.59 Å². The standard InChI is InChI=1S/C22H34O4/c1-14(13-20(24)25)7-9-17-15(2)8-10-18-21(4,5)19(26-16(3)23)11-12-22(17,18)6/h13,17-19H,2,7-12H2,1,3-6H3,(H,24,25)/b14-13+/t17-,18-,19-,22-/m0/s1. The highest BCUT2D eigenvalue weighted by Crippen LogP contribution is 2.62. The molecule has 0 unspecified atom stereocenters. The number of carboxylic acid groups (broad SMARTS) is 1. The number of hydrogen-bond donors (Lipinski definition) is 1. The smallest absolute Gasteiger partial charge is 0.328 e. The fourth-order valence-electron chi connectivity index (χ4n) is 5.75. The number of carbonyl (C=O) groups excluding carboxylic acids is 1. The Morgan fingerprint density at radius 1 is 1.27 bits per heavy atom. The van der Waals surface area contributed by atoms with Crippen LogP contribution < -0.4 is 0 Å². The van der Waals surface area contributed by atoms with Gasteiger partial charge in [0.15, 0.2) is 0 Å². The second-order valence-electron chi connectivity index (χ2n) is 9.13. The number of carboxylic acids is 1. The molecule has 0 saturated heterocycles. The summed E-state index contributed by atoms with van der Waals surface area (Å²) in [7, 11) is 0. The maximum atomic E-state index is 11.5. The van der Waals surface area contributed by atoms with Crippen LogP contribution in [-0.2, 0) is 14.3 Å². The summed E-state index contributed by atoms with van der Waals surface area (Å²) in [4.78, 5) is 22.4. The lowest BCUT2D eigenvalue weighted by molar-refractivity contribution is -0.174. The van der Waals surface area contributed by atoms with Crippen molar-refractivity contribution in [3.05, 3.63) is 23.8 Å². The highest BCUT2D eigenvalue weighted by Gasteiger charge is 2.56. The Hall–Kier alpha value is -1.58. The summed E-state index contributed by atoms with van der Waals surface area (Å²) in [5.74, 6) is -0.224. The predicted molar refractivity (Wildman–Crippen MR) is 103 cm³/mol. The molecule has 0 spiro atoms. The van der Waals surface area contributed by atoms with Gasteiger partial charge in [-0.2, -0.15) is 0 Å². The van der Waals surface area contributed by atoms with Crippen molar-refractivity contribution in [2.24, 2.45) is 22.7 Å². The van der Waals surface area contributed by atoms with Crippen LogP contribution in [-0.4, -0.2) is 23.1 Å². The quantitative estimate of drug-likeness (QED) is 0.418. The molecule has 2 aliphatic carbocycles. The van der Waals surface area contributed by atoms with Gasteiger partial charge in [0, 0.05) is 18.4 Å². The van der Waals surface area contributed by atoms with Gasteiger partial charge in [0.05, 0.1) is 0 Å². The van der Waals surface area contributed by atoms with Gasteiger partial charge in [0.2, 0.25) is 0 Å². The van der Waals surface area contributed by atoms with Gasteiger partial charge < -0.3 is 9.84 Å². The molecule has 26 heavy (non-hydrogen) atoms. The molecule has 146 valence electrons. The molecular weight excluding hydrogens is 328 g/mol. The van der Waals surface area contributed by atoms with Crippen molar-refractivity contribution in [1.29, 1.82) is 0 Å². The number of allylic oxidation sites excluding steroid dienone is 2. The van der Waals surface area contributed by atoms with Crippen molar-refractivity contribution in [2.75, 3.05) is 0 Å². The normalized spacial score (nSPS) is 34.1. The molecule has 2 aliphatic rings. The Labute approximate surface area is 157 Å². The molecule has 2 fully saturated rings. The number of fused-ring (bicyclic) bond motifs is 1. The second-order valence-corrected chi connectivity index (χ2v) is 9.13. The summed E-state index contributed by atoms with van der Waals surface area (Å²) in [5, 5.41) is 8.95. The number of ether oxygens (including phenoxy) is 1. The van der Waals surface area contributed by atoms with Gasteiger partial charge in [-0.3, -0.25) is 4.79 Å². The minimum atomic E-state index is -0.878. The minimum absolute atomic E-state index is 0.0290. The van der Waals surface area contributed by atoms with Gasteiger partial charge in [-0.05, 0) is 62.7 Å². The van der Waals surface area contributed by atoms with Crippen LogP contribution in [0.3, 0.4) is 0 Å². The maximum absolute atomic E-state index is 11.5. The highest BCUT2D eigenvalue weighted by atomic mass is 16.5. The van der Waals surface area contributed by atoms with E-state index in [1.54, 1.807) is 0 Å². The fourth-order valence-corrected chi connectivity index (χ4v) is 5.75. The van der Waals surface area contributed by atoms with Crippen molar-refractivity contribution in [2.45, 2.75) is 79.2 Å². The topological polar surface area (TPSA) is 63.6 Å². The number of esters is 1. The minimum Gasteiger partial charge on any atom is -0.478 e. The zero-order valence-electron chi connectivity index (χ0n) is 16.9. The molecule has 0 aromatic rings. The molecule has 0 heterocycles. The summed E-state index contributed by atoms with van der Waals surface area (Å²) in [5.41, 5.74) is 2.26. The van der Waals surface area contributed by atoms with E-state index >= 15 is 0 Å². The number of rotatable bonds is 5.